The Bertz CT molecular complexity index is 1480. The number of benzene rings is 4. The third-order valence-electron chi connectivity index (χ3n) is 7.22. The maximum absolute atomic E-state index is 13.7. The highest BCUT2D eigenvalue weighted by molar-refractivity contribution is 5.73. The predicted octanol–water partition coefficient (Wildman–Crippen LogP) is 7.92. The molecule has 0 aliphatic rings. The van der Waals surface area contributed by atoms with Crippen LogP contribution in [0.15, 0.2) is 97.1 Å². The van der Waals surface area contributed by atoms with E-state index in [0.717, 1.165) is 71.7 Å². The summed E-state index contributed by atoms with van der Waals surface area (Å²) in [5, 5.41) is 14.7. The van der Waals surface area contributed by atoms with Crippen LogP contribution in [0.25, 0.3) is 11.1 Å². The molecule has 6 nitrogen and oxygen atoms in total. The van der Waals surface area contributed by atoms with Crippen LogP contribution in [0, 0.1) is 5.82 Å². The number of hydrogen-bond donors (Lipinski definition) is 1. The first kappa shape index (κ1) is 28.0. The van der Waals surface area contributed by atoms with Gasteiger partial charge in [-0.05, 0) is 70.1 Å². The lowest BCUT2D eigenvalue weighted by Gasteiger charge is -2.18. The molecule has 0 saturated carbocycles. The summed E-state index contributed by atoms with van der Waals surface area (Å²) in [7, 11) is 0. The summed E-state index contributed by atoms with van der Waals surface area (Å²) in [6.45, 7) is 3.16. The van der Waals surface area contributed by atoms with Crippen LogP contribution >= 0.6 is 0 Å². The minimum Gasteiger partial charge on any atom is -0.493 e. The summed E-state index contributed by atoms with van der Waals surface area (Å²) in [6, 6.07) is 31.1. The second-order valence-corrected chi connectivity index (χ2v) is 10.0. The van der Waals surface area contributed by atoms with Gasteiger partial charge in [-0.2, -0.15) is 0 Å². The van der Waals surface area contributed by atoms with Crippen molar-refractivity contribution in [2.45, 2.75) is 51.6 Å². The molecule has 1 heterocycles. The van der Waals surface area contributed by atoms with Crippen LogP contribution in [0.1, 0.15) is 61.0 Å². The third kappa shape index (κ3) is 7.57. The molecule has 1 N–H and O–H groups in total. The number of aromatic amines is 1. The number of unbranched alkanes of at least 4 members (excludes halogenated alkanes) is 2. The number of hydrogen-bond acceptors (Lipinski definition) is 5. The summed E-state index contributed by atoms with van der Waals surface area (Å²) in [5.41, 5.74) is 5.22. The molecule has 0 fully saturated rings. The minimum atomic E-state index is -0.260. The van der Waals surface area contributed by atoms with Crippen LogP contribution < -0.4 is 9.47 Å². The van der Waals surface area contributed by atoms with E-state index in [4.69, 9.17) is 9.47 Å². The van der Waals surface area contributed by atoms with E-state index >= 15 is 0 Å². The number of ether oxygens (including phenoxy) is 2. The fourth-order valence-electron chi connectivity index (χ4n) is 5.00. The minimum absolute atomic E-state index is 0.141. The maximum atomic E-state index is 13.7. The van der Waals surface area contributed by atoms with Crippen molar-refractivity contribution in [2.24, 2.45) is 0 Å². The molecular weight excluding hydrogens is 515 g/mol. The second kappa shape index (κ2) is 14.2. The average Bonchev–Trinajstić information content (AvgIpc) is 3.56. The lowest BCUT2D eigenvalue weighted by molar-refractivity contribution is 0.288. The molecule has 0 spiro atoms. The first-order chi connectivity index (χ1) is 20.2. The van der Waals surface area contributed by atoms with Crippen molar-refractivity contribution in [3.05, 3.63) is 125 Å². The Morgan fingerprint density at radius 3 is 2.27 bits per heavy atom. The number of aryl methyl sites for hydroxylation is 1. The quantitative estimate of drug-likeness (QED) is 0.142. The molecular formula is C34H35FN4O2. The molecule has 0 radical (unpaired) electrons. The van der Waals surface area contributed by atoms with E-state index in [0.29, 0.717) is 13.2 Å². The van der Waals surface area contributed by atoms with Crippen LogP contribution in [0.2, 0.25) is 0 Å². The highest BCUT2D eigenvalue weighted by atomic mass is 19.1. The van der Waals surface area contributed by atoms with E-state index in [1.807, 2.05) is 54.6 Å². The van der Waals surface area contributed by atoms with E-state index in [1.54, 1.807) is 12.1 Å². The maximum Gasteiger partial charge on any atom is 0.155 e. The van der Waals surface area contributed by atoms with Crippen molar-refractivity contribution >= 4 is 0 Å². The fraction of sp³-hybridized carbons (Fsp3) is 0.265. The number of nitrogens with zero attached hydrogens (tertiary/aromatic N) is 3. The van der Waals surface area contributed by atoms with Crippen LogP contribution in [0.3, 0.4) is 0 Å². The standard InChI is InChI=1S/C34H35FN4O2/c1-2-26-22-31(28-17-19-29(35)20-18-28)33(41-24-25-12-6-3-7-13-25)23-32(26)40-21-11-5-10-16-30(34-36-38-39-37-34)27-14-8-4-9-15-27/h3-4,6-9,12-15,17-20,22-23,30H,2,5,10-11,16,21,24H2,1H3,(H,36,37,38,39). The number of nitrogens with one attached hydrogen (secondary N) is 1. The highest BCUT2D eigenvalue weighted by Crippen LogP contribution is 2.37. The summed E-state index contributed by atoms with van der Waals surface area (Å²) in [4.78, 5) is 0. The lowest BCUT2D eigenvalue weighted by Crippen LogP contribution is -2.05. The number of rotatable bonds is 14. The topological polar surface area (TPSA) is 72.9 Å². The molecule has 0 bridgehead atoms. The Labute approximate surface area is 240 Å². The summed E-state index contributed by atoms with van der Waals surface area (Å²) >= 11 is 0. The molecule has 0 aliphatic carbocycles. The van der Waals surface area contributed by atoms with Gasteiger partial charge in [0.2, 0.25) is 0 Å². The number of aromatic nitrogens is 4. The van der Waals surface area contributed by atoms with E-state index in [2.05, 4.69) is 45.7 Å². The Hall–Kier alpha value is -4.52. The zero-order valence-corrected chi connectivity index (χ0v) is 23.3. The van der Waals surface area contributed by atoms with Gasteiger partial charge in [-0.3, -0.25) is 0 Å². The third-order valence-corrected chi connectivity index (χ3v) is 7.22. The largest absolute Gasteiger partial charge is 0.493 e. The molecule has 1 aromatic heterocycles. The average molecular weight is 551 g/mol. The molecule has 41 heavy (non-hydrogen) atoms. The monoisotopic (exact) mass is 550 g/mol. The number of halogens is 1. The van der Waals surface area contributed by atoms with Gasteiger partial charge in [-0.15, -0.1) is 5.10 Å². The normalized spacial score (nSPS) is 11.8. The van der Waals surface area contributed by atoms with E-state index in [-0.39, 0.29) is 11.7 Å². The first-order valence-corrected chi connectivity index (χ1v) is 14.2. The van der Waals surface area contributed by atoms with Crippen LogP contribution in [-0.2, 0) is 13.0 Å². The molecule has 5 aromatic rings. The Kier molecular flexibility index (Phi) is 9.71. The number of H-pyrrole nitrogens is 1. The van der Waals surface area contributed by atoms with Crippen molar-refractivity contribution < 1.29 is 13.9 Å². The summed E-state index contributed by atoms with van der Waals surface area (Å²) < 4.78 is 26.3. The SMILES string of the molecule is CCc1cc(-c2ccc(F)cc2)c(OCc2ccccc2)cc1OCCCCCC(c1ccccc1)c1nnn[nH]1. The molecule has 0 aliphatic heterocycles. The van der Waals surface area contributed by atoms with E-state index in [1.165, 1.54) is 17.7 Å². The van der Waals surface area contributed by atoms with Crippen LogP contribution in [-0.4, -0.2) is 27.2 Å². The van der Waals surface area contributed by atoms with Gasteiger partial charge >= 0.3 is 0 Å². The Morgan fingerprint density at radius 2 is 1.56 bits per heavy atom. The van der Waals surface area contributed by atoms with Crippen LogP contribution in [0.4, 0.5) is 4.39 Å². The summed E-state index contributed by atoms with van der Waals surface area (Å²) in [5.74, 6) is 2.23. The van der Waals surface area contributed by atoms with Gasteiger partial charge in [0, 0.05) is 17.5 Å². The Morgan fingerprint density at radius 1 is 0.805 bits per heavy atom. The molecule has 5 rings (SSSR count). The molecule has 0 saturated heterocycles. The van der Waals surface area contributed by atoms with E-state index in [9.17, 15) is 4.39 Å². The van der Waals surface area contributed by atoms with Gasteiger partial charge in [0.25, 0.3) is 0 Å². The van der Waals surface area contributed by atoms with Crippen molar-refractivity contribution in [3.8, 4) is 22.6 Å². The Balaban J connectivity index is 1.23. The van der Waals surface area contributed by atoms with Gasteiger partial charge in [0.05, 0.1) is 6.61 Å². The first-order valence-electron chi connectivity index (χ1n) is 14.2. The van der Waals surface area contributed by atoms with Crippen molar-refractivity contribution in [1.82, 2.24) is 20.6 Å². The van der Waals surface area contributed by atoms with Gasteiger partial charge in [-0.25, -0.2) is 9.49 Å². The van der Waals surface area contributed by atoms with Gasteiger partial charge in [-0.1, -0.05) is 92.6 Å². The lowest BCUT2D eigenvalue weighted by atomic mass is 9.92. The van der Waals surface area contributed by atoms with Gasteiger partial charge in [0.1, 0.15) is 23.9 Å². The number of tetrazole rings is 1. The molecule has 210 valence electrons. The van der Waals surface area contributed by atoms with Crippen molar-refractivity contribution in [2.75, 3.05) is 6.61 Å². The molecule has 1 atom stereocenters. The molecule has 7 heteroatoms. The smallest absolute Gasteiger partial charge is 0.155 e. The molecule has 4 aromatic carbocycles. The van der Waals surface area contributed by atoms with Gasteiger partial charge < -0.3 is 9.47 Å². The molecule has 1 unspecified atom stereocenters. The van der Waals surface area contributed by atoms with Crippen LogP contribution in [0.5, 0.6) is 11.5 Å². The zero-order valence-electron chi connectivity index (χ0n) is 23.3. The highest BCUT2D eigenvalue weighted by Gasteiger charge is 2.18. The van der Waals surface area contributed by atoms with Crippen molar-refractivity contribution in [1.29, 1.82) is 0 Å². The van der Waals surface area contributed by atoms with E-state index < -0.39 is 0 Å². The second-order valence-electron chi connectivity index (χ2n) is 10.0. The fourth-order valence-corrected chi connectivity index (χ4v) is 5.00. The summed E-state index contributed by atoms with van der Waals surface area (Å²) in [6.07, 6.45) is 4.74. The molecule has 0 amide bonds. The van der Waals surface area contributed by atoms with Crippen molar-refractivity contribution in [3.63, 3.8) is 0 Å². The zero-order chi connectivity index (χ0) is 28.3. The van der Waals surface area contributed by atoms with Gasteiger partial charge in [0.15, 0.2) is 5.82 Å². The predicted molar refractivity (Wildman–Crippen MR) is 158 cm³/mol.